The van der Waals surface area contributed by atoms with Crippen molar-refractivity contribution in [3.63, 3.8) is 0 Å². The summed E-state index contributed by atoms with van der Waals surface area (Å²) >= 11 is 3.39. The summed E-state index contributed by atoms with van der Waals surface area (Å²) in [6.45, 7) is 0.538. The van der Waals surface area contributed by atoms with E-state index in [0.717, 1.165) is 10.2 Å². The summed E-state index contributed by atoms with van der Waals surface area (Å²) in [4.78, 5) is 13.9. The maximum absolute atomic E-state index is 12.3. The van der Waals surface area contributed by atoms with E-state index >= 15 is 0 Å². The fourth-order valence-electron chi connectivity index (χ4n) is 1.71. The maximum Gasteiger partial charge on any atom is 0.255 e. The second-order valence-electron chi connectivity index (χ2n) is 4.09. The molecule has 4 nitrogen and oxygen atoms in total. The molecule has 0 aliphatic heterocycles. The molecule has 0 unspecified atom stereocenters. The molecule has 0 N–H and O–H groups in total. The number of benzene rings is 1. The quantitative estimate of drug-likeness (QED) is 0.873. The minimum Gasteiger partial charge on any atom is -0.336 e. The molecule has 5 heteroatoms. The van der Waals surface area contributed by atoms with Crippen molar-refractivity contribution in [2.24, 2.45) is 7.05 Å². The number of hydrogen-bond acceptors (Lipinski definition) is 2. The third-order valence-corrected chi connectivity index (χ3v) is 3.46. The Hall–Kier alpha value is -1.62. The molecule has 1 amide bonds. The SMILES string of the molecule is CN(Cc1ccnn1C)C(=O)c1ccccc1Br. The highest BCUT2D eigenvalue weighted by atomic mass is 79.9. The Bertz CT molecular complexity index is 565. The molecule has 1 heterocycles. The van der Waals surface area contributed by atoms with Gasteiger partial charge < -0.3 is 4.90 Å². The molecular weight excluding hydrogens is 294 g/mol. The molecule has 94 valence electrons. The number of aryl methyl sites for hydroxylation is 1. The van der Waals surface area contributed by atoms with Gasteiger partial charge in [-0.05, 0) is 34.1 Å². The van der Waals surface area contributed by atoms with Gasteiger partial charge in [-0.25, -0.2) is 0 Å². The van der Waals surface area contributed by atoms with Crippen LogP contribution in [0.15, 0.2) is 41.0 Å². The highest BCUT2D eigenvalue weighted by Gasteiger charge is 2.15. The largest absolute Gasteiger partial charge is 0.336 e. The molecule has 0 radical (unpaired) electrons. The Morgan fingerprint density at radius 2 is 2.11 bits per heavy atom. The van der Waals surface area contributed by atoms with Crippen molar-refractivity contribution in [1.82, 2.24) is 14.7 Å². The predicted octanol–water partition coefficient (Wildman–Crippen LogP) is 2.45. The van der Waals surface area contributed by atoms with Gasteiger partial charge in [0.2, 0.25) is 0 Å². The zero-order chi connectivity index (χ0) is 13.1. The number of hydrogen-bond donors (Lipinski definition) is 0. The second kappa shape index (κ2) is 5.35. The van der Waals surface area contributed by atoms with Gasteiger partial charge in [0, 0.05) is 24.8 Å². The summed E-state index contributed by atoms with van der Waals surface area (Å²) in [5.41, 5.74) is 1.67. The molecule has 2 rings (SSSR count). The van der Waals surface area contributed by atoms with Crippen LogP contribution in [-0.2, 0) is 13.6 Å². The van der Waals surface area contributed by atoms with E-state index in [2.05, 4.69) is 21.0 Å². The van der Waals surface area contributed by atoms with Crippen LogP contribution in [0.5, 0.6) is 0 Å². The van der Waals surface area contributed by atoms with Crippen LogP contribution in [0, 0.1) is 0 Å². The Balaban J connectivity index is 2.15. The Morgan fingerprint density at radius 3 is 2.72 bits per heavy atom. The number of carbonyl (C=O) groups excluding carboxylic acids is 1. The zero-order valence-electron chi connectivity index (χ0n) is 10.3. The van der Waals surface area contributed by atoms with Crippen LogP contribution in [0.4, 0.5) is 0 Å². The van der Waals surface area contributed by atoms with Crippen LogP contribution >= 0.6 is 15.9 Å². The summed E-state index contributed by atoms with van der Waals surface area (Å²) in [5.74, 6) is -0.0105. The summed E-state index contributed by atoms with van der Waals surface area (Å²) in [6, 6.07) is 9.33. The van der Waals surface area contributed by atoms with Gasteiger partial charge in [-0.2, -0.15) is 5.10 Å². The van der Waals surface area contributed by atoms with Gasteiger partial charge in [0.25, 0.3) is 5.91 Å². The van der Waals surface area contributed by atoms with E-state index in [9.17, 15) is 4.79 Å². The first kappa shape index (κ1) is 12.8. The molecule has 1 aromatic heterocycles. The van der Waals surface area contributed by atoms with Crippen molar-refractivity contribution in [2.75, 3.05) is 7.05 Å². The lowest BCUT2D eigenvalue weighted by atomic mass is 10.2. The van der Waals surface area contributed by atoms with Crippen molar-refractivity contribution in [1.29, 1.82) is 0 Å². The topological polar surface area (TPSA) is 38.1 Å². The van der Waals surface area contributed by atoms with E-state index in [1.165, 1.54) is 0 Å². The second-order valence-corrected chi connectivity index (χ2v) is 4.94. The third-order valence-electron chi connectivity index (χ3n) is 2.77. The molecule has 0 aliphatic rings. The molecule has 1 aromatic carbocycles. The highest BCUT2D eigenvalue weighted by Crippen LogP contribution is 2.18. The van der Waals surface area contributed by atoms with Gasteiger partial charge >= 0.3 is 0 Å². The minimum atomic E-state index is -0.0105. The lowest BCUT2D eigenvalue weighted by molar-refractivity contribution is 0.0781. The first-order valence-electron chi connectivity index (χ1n) is 5.56. The number of nitrogens with zero attached hydrogens (tertiary/aromatic N) is 3. The van der Waals surface area contributed by atoms with Gasteiger partial charge in [-0.15, -0.1) is 0 Å². The van der Waals surface area contributed by atoms with E-state index in [1.54, 1.807) is 22.8 Å². The van der Waals surface area contributed by atoms with Crippen LogP contribution in [-0.4, -0.2) is 27.6 Å². The standard InChI is InChI=1S/C13H14BrN3O/c1-16(9-10-7-8-15-17(10)2)13(18)11-5-3-4-6-12(11)14/h3-8H,9H2,1-2H3. The number of amides is 1. The van der Waals surface area contributed by atoms with Crippen molar-refractivity contribution >= 4 is 21.8 Å². The van der Waals surface area contributed by atoms with E-state index in [0.29, 0.717) is 12.1 Å². The van der Waals surface area contributed by atoms with Crippen LogP contribution in [0.1, 0.15) is 16.1 Å². The van der Waals surface area contributed by atoms with Crippen molar-refractivity contribution < 1.29 is 4.79 Å². The van der Waals surface area contributed by atoms with Crippen molar-refractivity contribution in [3.05, 3.63) is 52.3 Å². The molecule has 0 spiro atoms. The normalized spacial score (nSPS) is 10.4. The number of halogens is 1. The number of aromatic nitrogens is 2. The van der Waals surface area contributed by atoms with Gasteiger partial charge in [-0.1, -0.05) is 12.1 Å². The van der Waals surface area contributed by atoms with E-state index in [1.807, 2.05) is 37.4 Å². The van der Waals surface area contributed by atoms with Gasteiger partial charge in [0.15, 0.2) is 0 Å². The lowest BCUT2D eigenvalue weighted by Crippen LogP contribution is -2.27. The van der Waals surface area contributed by atoms with Gasteiger partial charge in [0.05, 0.1) is 17.8 Å². The van der Waals surface area contributed by atoms with Crippen LogP contribution < -0.4 is 0 Å². The predicted molar refractivity (Wildman–Crippen MR) is 73.1 cm³/mol. The molecule has 0 saturated heterocycles. The van der Waals surface area contributed by atoms with E-state index < -0.39 is 0 Å². The first-order valence-corrected chi connectivity index (χ1v) is 6.36. The first-order chi connectivity index (χ1) is 8.59. The summed E-state index contributed by atoms with van der Waals surface area (Å²) in [7, 11) is 3.65. The summed E-state index contributed by atoms with van der Waals surface area (Å²) in [5, 5.41) is 4.09. The van der Waals surface area contributed by atoms with Gasteiger partial charge in [0.1, 0.15) is 0 Å². The van der Waals surface area contributed by atoms with E-state index in [4.69, 9.17) is 0 Å². The summed E-state index contributed by atoms with van der Waals surface area (Å²) in [6.07, 6.45) is 1.73. The molecular formula is C13H14BrN3O. The Labute approximate surface area is 114 Å². The molecule has 0 fully saturated rings. The molecule has 0 atom stereocenters. The Kier molecular flexibility index (Phi) is 3.81. The summed E-state index contributed by atoms with van der Waals surface area (Å²) < 4.78 is 2.58. The molecule has 2 aromatic rings. The van der Waals surface area contributed by atoms with Crippen molar-refractivity contribution in [3.8, 4) is 0 Å². The monoisotopic (exact) mass is 307 g/mol. The lowest BCUT2D eigenvalue weighted by Gasteiger charge is -2.17. The van der Waals surface area contributed by atoms with Crippen LogP contribution in [0.2, 0.25) is 0 Å². The smallest absolute Gasteiger partial charge is 0.255 e. The Morgan fingerprint density at radius 1 is 1.39 bits per heavy atom. The van der Waals surface area contributed by atoms with Crippen LogP contribution in [0.3, 0.4) is 0 Å². The fraction of sp³-hybridized carbons (Fsp3) is 0.231. The maximum atomic E-state index is 12.3. The molecule has 0 saturated carbocycles. The number of rotatable bonds is 3. The highest BCUT2D eigenvalue weighted by molar-refractivity contribution is 9.10. The average Bonchev–Trinajstić information content (AvgIpc) is 2.75. The van der Waals surface area contributed by atoms with Crippen molar-refractivity contribution in [2.45, 2.75) is 6.54 Å². The number of carbonyl (C=O) groups is 1. The fourth-order valence-corrected chi connectivity index (χ4v) is 2.17. The van der Waals surface area contributed by atoms with Crippen LogP contribution in [0.25, 0.3) is 0 Å². The van der Waals surface area contributed by atoms with Gasteiger partial charge in [-0.3, -0.25) is 9.48 Å². The minimum absolute atomic E-state index is 0.0105. The van der Waals surface area contributed by atoms with E-state index in [-0.39, 0.29) is 5.91 Å². The molecule has 18 heavy (non-hydrogen) atoms. The third kappa shape index (κ3) is 2.61. The zero-order valence-corrected chi connectivity index (χ0v) is 11.9. The molecule has 0 bridgehead atoms. The molecule has 0 aliphatic carbocycles. The average molecular weight is 308 g/mol.